The van der Waals surface area contributed by atoms with Crippen molar-refractivity contribution in [1.29, 1.82) is 0 Å². The van der Waals surface area contributed by atoms with E-state index < -0.39 is 15.9 Å². The number of aromatic nitrogens is 2. The van der Waals surface area contributed by atoms with Crippen LogP contribution in [0.4, 0.5) is 5.82 Å². The molecule has 0 spiro atoms. The van der Waals surface area contributed by atoms with Gasteiger partial charge in [0.2, 0.25) is 5.09 Å². The van der Waals surface area contributed by atoms with Gasteiger partial charge < -0.3 is 15.1 Å². The highest BCUT2D eigenvalue weighted by molar-refractivity contribution is 7.89. The zero-order valence-corrected chi connectivity index (χ0v) is 15.1. The number of sulfonamides is 1. The van der Waals surface area contributed by atoms with Crippen LogP contribution in [0.2, 0.25) is 0 Å². The summed E-state index contributed by atoms with van der Waals surface area (Å²) in [5.41, 5.74) is 5.96. The number of nitrogens with zero attached hydrogens (tertiary/aromatic N) is 4. The summed E-state index contributed by atoms with van der Waals surface area (Å²) in [7, 11) is -3.82. The van der Waals surface area contributed by atoms with Crippen LogP contribution >= 0.6 is 0 Å². The van der Waals surface area contributed by atoms with E-state index >= 15 is 0 Å². The molecule has 1 aromatic carbocycles. The summed E-state index contributed by atoms with van der Waals surface area (Å²) >= 11 is 0. The van der Waals surface area contributed by atoms with Gasteiger partial charge in [0, 0.05) is 31.6 Å². The molecule has 1 aliphatic rings. The Labute approximate surface area is 155 Å². The monoisotopic (exact) mass is 387 g/mol. The largest absolute Gasteiger partial charge is 0.438 e. The Morgan fingerprint density at radius 1 is 1.04 bits per heavy atom. The molecule has 3 aromatic rings. The minimum absolute atomic E-state index is 0.181. The number of benzene rings is 1. The lowest BCUT2D eigenvalue weighted by Crippen LogP contribution is -2.48. The van der Waals surface area contributed by atoms with E-state index in [0.717, 1.165) is 16.7 Å². The van der Waals surface area contributed by atoms with Crippen LogP contribution in [0.25, 0.3) is 10.9 Å². The molecule has 0 aliphatic carbocycles. The van der Waals surface area contributed by atoms with Gasteiger partial charge in [-0.1, -0.05) is 12.1 Å². The Morgan fingerprint density at radius 3 is 2.48 bits per heavy atom. The number of hydrogen-bond donors (Lipinski definition) is 1. The fraction of sp³-hybridized carbons (Fsp3) is 0.235. The molecule has 27 heavy (non-hydrogen) atoms. The average Bonchev–Trinajstić information content (AvgIpc) is 3.19. The number of fused-ring (bicyclic) bond motifs is 1. The summed E-state index contributed by atoms with van der Waals surface area (Å²) in [6.45, 7) is 1.49. The van der Waals surface area contributed by atoms with E-state index in [1.165, 1.54) is 22.8 Å². The van der Waals surface area contributed by atoms with Crippen LogP contribution in [0, 0.1) is 0 Å². The highest BCUT2D eigenvalue weighted by atomic mass is 32.2. The van der Waals surface area contributed by atoms with Crippen LogP contribution in [-0.2, 0) is 10.0 Å². The fourth-order valence-corrected chi connectivity index (χ4v) is 4.43. The SMILES string of the molecule is NC(=O)c1ccc(S(=O)(=O)N2CCN(c3ncnc4ccccc34)CC2)o1. The first-order chi connectivity index (χ1) is 13.0. The van der Waals surface area contributed by atoms with E-state index in [0.29, 0.717) is 13.1 Å². The maximum absolute atomic E-state index is 12.7. The van der Waals surface area contributed by atoms with E-state index in [4.69, 9.17) is 10.2 Å². The van der Waals surface area contributed by atoms with Gasteiger partial charge in [-0.2, -0.15) is 4.31 Å². The molecule has 0 atom stereocenters. The molecular weight excluding hydrogens is 370 g/mol. The number of furan rings is 1. The van der Waals surface area contributed by atoms with Crippen LogP contribution in [-0.4, -0.2) is 54.8 Å². The smallest absolute Gasteiger partial charge is 0.284 e. The molecule has 0 unspecified atom stereocenters. The van der Waals surface area contributed by atoms with Crippen LogP contribution in [0.5, 0.6) is 0 Å². The second-order valence-electron chi connectivity index (χ2n) is 6.09. The number of rotatable bonds is 4. The van der Waals surface area contributed by atoms with Crippen molar-refractivity contribution >= 4 is 32.7 Å². The lowest BCUT2D eigenvalue weighted by atomic mass is 10.2. The van der Waals surface area contributed by atoms with Gasteiger partial charge in [-0.15, -0.1) is 0 Å². The molecule has 0 bridgehead atoms. The molecule has 1 fully saturated rings. The van der Waals surface area contributed by atoms with Crippen molar-refractivity contribution in [3.8, 4) is 0 Å². The third-order valence-corrected chi connectivity index (χ3v) is 6.25. The summed E-state index contributed by atoms with van der Waals surface area (Å²) in [6.07, 6.45) is 1.51. The minimum atomic E-state index is -3.82. The normalized spacial score (nSPS) is 15.9. The number of para-hydroxylation sites is 1. The van der Waals surface area contributed by atoms with Gasteiger partial charge in [0.25, 0.3) is 15.9 Å². The maximum atomic E-state index is 12.7. The molecule has 3 heterocycles. The summed E-state index contributed by atoms with van der Waals surface area (Å²) < 4.78 is 31.9. The number of carbonyl (C=O) groups is 1. The molecule has 140 valence electrons. The van der Waals surface area contributed by atoms with Gasteiger partial charge in [-0.3, -0.25) is 4.79 Å². The van der Waals surface area contributed by atoms with Gasteiger partial charge >= 0.3 is 0 Å². The predicted molar refractivity (Wildman–Crippen MR) is 97.7 cm³/mol. The molecule has 0 radical (unpaired) electrons. The first kappa shape index (κ1) is 17.4. The number of hydrogen-bond acceptors (Lipinski definition) is 7. The molecule has 1 amide bonds. The molecule has 9 nitrogen and oxygen atoms in total. The van der Waals surface area contributed by atoms with Gasteiger partial charge in [0.05, 0.1) is 5.52 Å². The highest BCUT2D eigenvalue weighted by Crippen LogP contribution is 2.25. The molecule has 10 heteroatoms. The number of amides is 1. The quantitative estimate of drug-likeness (QED) is 0.703. The van der Waals surface area contributed by atoms with Crippen molar-refractivity contribution in [3.05, 3.63) is 48.5 Å². The van der Waals surface area contributed by atoms with Crippen LogP contribution in [0.3, 0.4) is 0 Å². The lowest BCUT2D eigenvalue weighted by Gasteiger charge is -2.34. The van der Waals surface area contributed by atoms with E-state index in [9.17, 15) is 13.2 Å². The molecular formula is C17H17N5O4S. The van der Waals surface area contributed by atoms with Gasteiger partial charge in [-0.05, 0) is 24.3 Å². The van der Waals surface area contributed by atoms with E-state index in [2.05, 4.69) is 9.97 Å². The topological polar surface area (TPSA) is 123 Å². The van der Waals surface area contributed by atoms with Crippen LogP contribution in [0.1, 0.15) is 10.6 Å². The summed E-state index contributed by atoms with van der Waals surface area (Å²) in [5.74, 6) is -0.205. The van der Waals surface area contributed by atoms with E-state index in [1.807, 2.05) is 29.2 Å². The molecule has 4 rings (SSSR count). The summed E-state index contributed by atoms with van der Waals surface area (Å²) in [5, 5.41) is 0.644. The number of nitrogens with two attached hydrogens (primary N) is 1. The van der Waals surface area contributed by atoms with Crippen molar-refractivity contribution < 1.29 is 17.6 Å². The number of primary amides is 1. The fourth-order valence-electron chi connectivity index (χ4n) is 3.10. The Bertz CT molecular complexity index is 1100. The summed E-state index contributed by atoms with van der Waals surface area (Å²) in [4.78, 5) is 21.8. The van der Waals surface area contributed by atoms with Gasteiger partial charge in [0.15, 0.2) is 5.76 Å². The third-order valence-electron chi connectivity index (χ3n) is 4.48. The number of carbonyl (C=O) groups excluding carboxylic acids is 1. The lowest BCUT2D eigenvalue weighted by molar-refractivity contribution is 0.0968. The van der Waals surface area contributed by atoms with Crippen LogP contribution < -0.4 is 10.6 Å². The van der Waals surface area contributed by atoms with Gasteiger partial charge in [0.1, 0.15) is 12.1 Å². The Hall–Kier alpha value is -2.98. The first-order valence-electron chi connectivity index (χ1n) is 8.31. The average molecular weight is 387 g/mol. The second kappa shape index (κ2) is 6.63. The van der Waals surface area contributed by atoms with Crippen molar-refractivity contribution in [2.75, 3.05) is 31.1 Å². The van der Waals surface area contributed by atoms with Crippen molar-refractivity contribution in [2.24, 2.45) is 5.73 Å². The Balaban J connectivity index is 1.53. The van der Waals surface area contributed by atoms with E-state index in [-0.39, 0.29) is 23.9 Å². The standard InChI is InChI=1S/C17H17N5O4S/c18-16(23)14-5-6-15(26-14)27(24,25)22-9-7-21(8-10-22)17-12-3-1-2-4-13(12)19-11-20-17/h1-6,11H,7-10H2,(H2,18,23). The Kier molecular flexibility index (Phi) is 4.28. The van der Waals surface area contributed by atoms with Crippen molar-refractivity contribution in [3.63, 3.8) is 0 Å². The van der Waals surface area contributed by atoms with Gasteiger partial charge in [-0.25, -0.2) is 18.4 Å². The molecule has 2 N–H and O–H groups in total. The first-order valence-corrected chi connectivity index (χ1v) is 9.75. The van der Waals surface area contributed by atoms with Crippen molar-refractivity contribution in [2.45, 2.75) is 5.09 Å². The van der Waals surface area contributed by atoms with Crippen LogP contribution in [0.15, 0.2) is 52.2 Å². The molecule has 1 aliphatic heterocycles. The highest BCUT2D eigenvalue weighted by Gasteiger charge is 2.32. The van der Waals surface area contributed by atoms with Crippen molar-refractivity contribution in [1.82, 2.24) is 14.3 Å². The second-order valence-corrected chi connectivity index (χ2v) is 7.96. The minimum Gasteiger partial charge on any atom is -0.438 e. The number of anilines is 1. The predicted octanol–water partition coefficient (Wildman–Crippen LogP) is 0.833. The molecule has 1 saturated heterocycles. The summed E-state index contributed by atoms with van der Waals surface area (Å²) in [6, 6.07) is 10.2. The van der Waals surface area contributed by atoms with E-state index in [1.54, 1.807) is 0 Å². The zero-order valence-electron chi connectivity index (χ0n) is 14.3. The molecule has 2 aromatic heterocycles. The molecule has 0 saturated carbocycles. The Morgan fingerprint density at radius 2 is 1.78 bits per heavy atom. The number of piperazine rings is 1. The zero-order chi connectivity index (χ0) is 19.0. The maximum Gasteiger partial charge on any atom is 0.284 e. The third kappa shape index (κ3) is 3.13.